The molecule has 1 aliphatic heterocycles. The number of hydrogen-bond acceptors (Lipinski definition) is 6. The Morgan fingerprint density at radius 2 is 2.22 bits per heavy atom. The van der Waals surface area contributed by atoms with Crippen LogP contribution in [-0.4, -0.2) is 34.7 Å². The van der Waals surface area contributed by atoms with Crippen LogP contribution in [0.4, 0.5) is 0 Å². The third kappa shape index (κ3) is 4.22. The van der Waals surface area contributed by atoms with Crippen molar-refractivity contribution in [3.05, 3.63) is 41.5 Å². The molecule has 0 spiro atoms. The topological polar surface area (TPSA) is 77.4 Å². The lowest BCUT2D eigenvalue weighted by Crippen LogP contribution is -2.31. The Bertz CT molecular complexity index is 620. The van der Waals surface area contributed by atoms with Crippen molar-refractivity contribution < 1.29 is 9.26 Å². The summed E-state index contributed by atoms with van der Waals surface area (Å²) in [5, 5.41) is 3.99. The molecule has 7 heteroatoms. The van der Waals surface area contributed by atoms with E-state index >= 15 is 0 Å². The average Bonchev–Trinajstić information content (AvgIpc) is 3.18. The van der Waals surface area contributed by atoms with Crippen LogP contribution >= 0.6 is 12.4 Å². The van der Waals surface area contributed by atoms with Crippen LogP contribution in [0.2, 0.25) is 0 Å². The van der Waals surface area contributed by atoms with E-state index in [9.17, 15) is 0 Å². The van der Waals surface area contributed by atoms with Crippen molar-refractivity contribution in [3.63, 3.8) is 0 Å². The molecule has 23 heavy (non-hydrogen) atoms. The van der Waals surface area contributed by atoms with Crippen molar-refractivity contribution in [2.45, 2.75) is 38.4 Å². The number of hydrogen-bond donors (Lipinski definition) is 1. The van der Waals surface area contributed by atoms with Gasteiger partial charge in [-0.05, 0) is 37.4 Å². The van der Waals surface area contributed by atoms with Crippen molar-refractivity contribution in [1.29, 1.82) is 0 Å². The van der Waals surface area contributed by atoms with Gasteiger partial charge >= 0.3 is 0 Å². The fraction of sp³-hybridized carbons (Fsp3) is 0.500. The van der Waals surface area contributed by atoms with Crippen LogP contribution in [0.25, 0.3) is 0 Å². The first-order chi connectivity index (χ1) is 10.8. The summed E-state index contributed by atoms with van der Waals surface area (Å²) < 4.78 is 10.5. The Balaban J connectivity index is 0.00000192. The normalized spacial score (nSPS) is 17.9. The Morgan fingerprint density at radius 3 is 2.96 bits per heavy atom. The zero-order chi connectivity index (χ0) is 15.4. The fourth-order valence-corrected chi connectivity index (χ4v) is 3.08. The molecule has 2 aromatic rings. The van der Waals surface area contributed by atoms with Crippen molar-refractivity contribution >= 4 is 12.4 Å². The highest BCUT2D eigenvalue weighted by Crippen LogP contribution is 2.26. The second kappa shape index (κ2) is 8.29. The Kier molecular flexibility index (Phi) is 6.38. The molecule has 2 heterocycles. The molecule has 0 amide bonds. The van der Waals surface area contributed by atoms with Gasteiger partial charge in [-0.25, -0.2) is 0 Å². The highest BCUT2D eigenvalue weighted by molar-refractivity contribution is 5.85. The van der Waals surface area contributed by atoms with Crippen LogP contribution in [0.1, 0.15) is 30.1 Å². The molecule has 6 nitrogen and oxygen atoms in total. The van der Waals surface area contributed by atoms with Gasteiger partial charge in [-0.15, -0.1) is 12.4 Å². The van der Waals surface area contributed by atoms with Crippen LogP contribution in [0.3, 0.4) is 0 Å². The molecule has 126 valence electrons. The van der Waals surface area contributed by atoms with Gasteiger partial charge in [0.15, 0.2) is 5.82 Å². The predicted molar refractivity (Wildman–Crippen MR) is 89.6 cm³/mol. The number of nitrogens with two attached hydrogens (primary N) is 1. The number of methoxy groups -OCH3 is 1. The van der Waals surface area contributed by atoms with Crippen LogP contribution < -0.4 is 10.5 Å². The Hall–Kier alpha value is -1.63. The molecule has 2 N–H and O–H groups in total. The third-order valence-electron chi connectivity index (χ3n) is 4.18. The standard InChI is InChI=1S/C16H22N4O2.ClH/c1-21-14-7-3-2-5-12(14)9-13-6-4-8-20(13)11-15-18-16(10-17)22-19-15;/h2-3,5,7,13H,4,6,8-11,17H2,1H3;1H. The lowest BCUT2D eigenvalue weighted by molar-refractivity contribution is 0.232. The molecule has 3 rings (SSSR count). The summed E-state index contributed by atoms with van der Waals surface area (Å²) in [7, 11) is 1.72. The first kappa shape index (κ1) is 17.7. The van der Waals surface area contributed by atoms with E-state index in [4.69, 9.17) is 15.0 Å². The Morgan fingerprint density at radius 1 is 1.39 bits per heavy atom. The monoisotopic (exact) mass is 338 g/mol. The maximum Gasteiger partial charge on any atom is 0.240 e. The van der Waals surface area contributed by atoms with E-state index in [2.05, 4.69) is 27.2 Å². The Labute approximate surface area is 142 Å². The summed E-state index contributed by atoms with van der Waals surface area (Å²) in [5.41, 5.74) is 6.76. The molecular weight excluding hydrogens is 316 g/mol. The number of likely N-dealkylation sites (tertiary alicyclic amines) is 1. The second-order valence-corrected chi connectivity index (χ2v) is 5.59. The van der Waals surface area contributed by atoms with E-state index in [1.807, 2.05) is 12.1 Å². The second-order valence-electron chi connectivity index (χ2n) is 5.59. The summed E-state index contributed by atoms with van der Waals surface area (Å²) in [5.74, 6) is 2.17. The van der Waals surface area contributed by atoms with E-state index in [0.29, 0.717) is 24.3 Å². The quantitative estimate of drug-likeness (QED) is 0.869. The molecule has 1 aromatic heterocycles. The maximum absolute atomic E-state index is 5.51. The van der Waals surface area contributed by atoms with Gasteiger partial charge in [0.2, 0.25) is 5.89 Å². The van der Waals surface area contributed by atoms with Gasteiger partial charge in [0.1, 0.15) is 5.75 Å². The summed E-state index contributed by atoms with van der Waals surface area (Å²) in [6.45, 7) is 2.06. The predicted octanol–water partition coefficient (Wildman–Crippen LogP) is 2.17. The molecule has 1 atom stereocenters. The lowest BCUT2D eigenvalue weighted by atomic mass is 10.0. The minimum atomic E-state index is 0. The van der Waals surface area contributed by atoms with Gasteiger partial charge in [-0.1, -0.05) is 23.4 Å². The molecular formula is C16H23ClN4O2. The highest BCUT2D eigenvalue weighted by atomic mass is 35.5. The van der Waals surface area contributed by atoms with Gasteiger partial charge in [-0.2, -0.15) is 4.98 Å². The minimum Gasteiger partial charge on any atom is -0.496 e. The highest BCUT2D eigenvalue weighted by Gasteiger charge is 2.26. The molecule has 1 aliphatic rings. The first-order valence-electron chi connectivity index (χ1n) is 7.67. The molecule has 0 aliphatic carbocycles. The zero-order valence-electron chi connectivity index (χ0n) is 13.3. The number of aromatic nitrogens is 2. The summed E-state index contributed by atoms with van der Waals surface area (Å²) >= 11 is 0. The maximum atomic E-state index is 5.51. The summed E-state index contributed by atoms with van der Waals surface area (Å²) in [6, 6.07) is 8.69. The van der Waals surface area contributed by atoms with Gasteiger partial charge in [0.25, 0.3) is 0 Å². The van der Waals surface area contributed by atoms with Gasteiger partial charge in [0, 0.05) is 6.04 Å². The van der Waals surface area contributed by atoms with E-state index < -0.39 is 0 Å². The van der Waals surface area contributed by atoms with Gasteiger partial charge in [0.05, 0.1) is 20.2 Å². The van der Waals surface area contributed by atoms with Gasteiger partial charge < -0.3 is 15.0 Å². The largest absolute Gasteiger partial charge is 0.496 e. The number of benzene rings is 1. The van der Waals surface area contributed by atoms with Crippen molar-refractivity contribution in [2.75, 3.05) is 13.7 Å². The van der Waals surface area contributed by atoms with Crippen LogP contribution in [0, 0.1) is 0 Å². The number of halogens is 1. The van der Waals surface area contributed by atoms with Gasteiger partial charge in [-0.3, -0.25) is 4.90 Å². The first-order valence-corrected chi connectivity index (χ1v) is 7.67. The summed E-state index contributed by atoms with van der Waals surface area (Å²) in [6.07, 6.45) is 3.35. The van der Waals surface area contributed by atoms with Crippen LogP contribution in [0.15, 0.2) is 28.8 Å². The number of para-hydroxylation sites is 1. The zero-order valence-corrected chi connectivity index (χ0v) is 14.1. The molecule has 0 bridgehead atoms. The molecule has 0 saturated carbocycles. The van der Waals surface area contributed by atoms with E-state index in [0.717, 1.165) is 18.7 Å². The van der Waals surface area contributed by atoms with Crippen LogP contribution in [0.5, 0.6) is 5.75 Å². The molecule has 1 saturated heterocycles. The fourth-order valence-electron chi connectivity index (χ4n) is 3.08. The molecule has 1 unspecified atom stereocenters. The van der Waals surface area contributed by atoms with E-state index in [-0.39, 0.29) is 19.0 Å². The SMILES string of the molecule is COc1ccccc1CC1CCCN1Cc1noc(CN)n1.Cl. The minimum absolute atomic E-state index is 0. The number of ether oxygens (including phenoxy) is 1. The smallest absolute Gasteiger partial charge is 0.240 e. The summed E-state index contributed by atoms with van der Waals surface area (Å²) in [4.78, 5) is 6.71. The average molecular weight is 339 g/mol. The van der Waals surface area contributed by atoms with E-state index in [1.165, 1.54) is 18.4 Å². The van der Waals surface area contributed by atoms with Crippen LogP contribution in [-0.2, 0) is 19.5 Å². The molecule has 1 aromatic carbocycles. The van der Waals surface area contributed by atoms with Crippen molar-refractivity contribution in [2.24, 2.45) is 5.73 Å². The number of nitrogens with zero attached hydrogens (tertiary/aromatic N) is 3. The molecule has 1 fully saturated rings. The number of rotatable bonds is 6. The lowest BCUT2D eigenvalue weighted by Gasteiger charge is -2.23. The van der Waals surface area contributed by atoms with Crippen molar-refractivity contribution in [1.82, 2.24) is 15.0 Å². The molecule has 0 radical (unpaired) electrons. The third-order valence-corrected chi connectivity index (χ3v) is 4.18. The van der Waals surface area contributed by atoms with E-state index in [1.54, 1.807) is 7.11 Å². The van der Waals surface area contributed by atoms with Crippen molar-refractivity contribution in [3.8, 4) is 5.75 Å².